The minimum absolute atomic E-state index is 0.130. The van der Waals surface area contributed by atoms with E-state index in [2.05, 4.69) is 0 Å². The normalized spacial score (nSPS) is 12.4. The molecule has 0 spiro atoms. The molecule has 2 nitrogen and oxygen atoms in total. The second kappa shape index (κ2) is 6.53. The van der Waals surface area contributed by atoms with E-state index in [1.807, 2.05) is 38.1 Å². The van der Waals surface area contributed by atoms with Crippen molar-refractivity contribution in [2.75, 3.05) is 0 Å². The quantitative estimate of drug-likeness (QED) is 0.896. The zero-order valence-electron chi connectivity index (χ0n) is 11.7. The number of ether oxygens (including phenoxy) is 1. The Bertz CT molecular complexity index is 532. The third-order valence-electron chi connectivity index (χ3n) is 2.98. The molecule has 0 aromatic heterocycles. The third kappa shape index (κ3) is 4.07. The first kappa shape index (κ1) is 14.5. The molecule has 0 aliphatic rings. The summed E-state index contributed by atoms with van der Waals surface area (Å²) < 4.78 is 18.4. The molecular formula is C17H19FO2. The summed E-state index contributed by atoms with van der Waals surface area (Å²) in [5.41, 5.74) is 1.73. The van der Waals surface area contributed by atoms with E-state index in [1.54, 1.807) is 12.1 Å². The van der Waals surface area contributed by atoms with Crippen molar-refractivity contribution in [2.45, 2.75) is 32.5 Å². The van der Waals surface area contributed by atoms with Gasteiger partial charge in [0.15, 0.2) is 0 Å². The molecule has 20 heavy (non-hydrogen) atoms. The third-order valence-corrected chi connectivity index (χ3v) is 2.98. The van der Waals surface area contributed by atoms with E-state index in [9.17, 15) is 9.50 Å². The van der Waals surface area contributed by atoms with Gasteiger partial charge in [0.05, 0.1) is 12.2 Å². The Kier molecular flexibility index (Phi) is 4.74. The Morgan fingerprint density at radius 1 is 1.00 bits per heavy atom. The minimum Gasteiger partial charge on any atom is -0.491 e. The highest BCUT2D eigenvalue weighted by atomic mass is 19.1. The van der Waals surface area contributed by atoms with Crippen molar-refractivity contribution in [3.8, 4) is 5.75 Å². The smallest absolute Gasteiger partial charge is 0.123 e. The number of hydrogen-bond donors (Lipinski definition) is 1. The van der Waals surface area contributed by atoms with E-state index < -0.39 is 6.10 Å². The van der Waals surface area contributed by atoms with Crippen LogP contribution in [0.15, 0.2) is 48.5 Å². The van der Waals surface area contributed by atoms with Crippen LogP contribution in [0.5, 0.6) is 5.75 Å². The molecule has 0 saturated heterocycles. The topological polar surface area (TPSA) is 29.5 Å². The number of aliphatic hydroxyl groups excluding tert-OH is 1. The monoisotopic (exact) mass is 274 g/mol. The maximum absolute atomic E-state index is 12.8. The molecule has 2 rings (SSSR count). The number of halogens is 1. The minimum atomic E-state index is -0.603. The van der Waals surface area contributed by atoms with Gasteiger partial charge in [-0.2, -0.15) is 0 Å². The van der Waals surface area contributed by atoms with Gasteiger partial charge in [0.1, 0.15) is 11.6 Å². The van der Waals surface area contributed by atoms with Crippen LogP contribution in [0.25, 0.3) is 0 Å². The zero-order chi connectivity index (χ0) is 14.5. The summed E-state index contributed by atoms with van der Waals surface area (Å²) >= 11 is 0. The highest BCUT2D eigenvalue weighted by molar-refractivity contribution is 5.30. The SMILES string of the molecule is CC(C)Oc1ccc(C(O)Cc2ccc(F)cc2)cc1. The van der Waals surface area contributed by atoms with Gasteiger partial charge in [-0.3, -0.25) is 0 Å². The van der Waals surface area contributed by atoms with Crippen molar-refractivity contribution in [1.82, 2.24) is 0 Å². The van der Waals surface area contributed by atoms with Gasteiger partial charge < -0.3 is 9.84 Å². The van der Waals surface area contributed by atoms with Crippen molar-refractivity contribution in [1.29, 1.82) is 0 Å². The van der Waals surface area contributed by atoms with E-state index in [4.69, 9.17) is 4.74 Å². The molecule has 0 amide bonds. The van der Waals surface area contributed by atoms with Crippen molar-refractivity contribution in [2.24, 2.45) is 0 Å². The lowest BCUT2D eigenvalue weighted by atomic mass is 10.0. The maximum Gasteiger partial charge on any atom is 0.123 e. The van der Waals surface area contributed by atoms with E-state index >= 15 is 0 Å². The predicted molar refractivity (Wildman–Crippen MR) is 77.3 cm³/mol. The van der Waals surface area contributed by atoms with E-state index in [0.717, 1.165) is 16.9 Å². The Morgan fingerprint density at radius 2 is 1.60 bits per heavy atom. The zero-order valence-corrected chi connectivity index (χ0v) is 11.7. The summed E-state index contributed by atoms with van der Waals surface area (Å²) in [6.45, 7) is 3.94. The van der Waals surface area contributed by atoms with Gasteiger partial charge >= 0.3 is 0 Å². The van der Waals surface area contributed by atoms with Crippen LogP contribution in [0.2, 0.25) is 0 Å². The summed E-state index contributed by atoms with van der Waals surface area (Å²) in [6, 6.07) is 13.6. The lowest BCUT2D eigenvalue weighted by Gasteiger charge is -2.13. The summed E-state index contributed by atoms with van der Waals surface area (Å²) in [7, 11) is 0. The van der Waals surface area contributed by atoms with Crippen LogP contribution < -0.4 is 4.74 Å². The summed E-state index contributed by atoms with van der Waals surface area (Å²) in [5.74, 6) is 0.524. The fourth-order valence-corrected chi connectivity index (χ4v) is 2.00. The molecule has 0 aliphatic carbocycles. The molecule has 3 heteroatoms. The predicted octanol–water partition coefficient (Wildman–Crippen LogP) is 3.89. The molecule has 0 fully saturated rings. The lowest BCUT2D eigenvalue weighted by Crippen LogP contribution is -2.06. The molecule has 1 atom stereocenters. The second-order valence-corrected chi connectivity index (χ2v) is 5.08. The van der Waals surface area contributed by atoms with Gasteiger partial charge in [0, 0.05) is 6.42 Å². The Balaban J connectivity index is 2.01. The first-order valence-corrected chi connectivity index (χ1v) is 6.73. The van der Waals surface area contributed by atoms with Crippen molar-refractivity contribution < 1.29 is 14.2 Å². The van der Waals surface area contributed by atoms with Crippen LogP contribution in [0.1, 0.15) is 31.1 Å². The van der Waals surface area contributed by atoms with Crippen LogP contribution >= 0.6 is 0 Å². The first-order chi connectivity index (χ1) is 9.54. The number of aliphatic hydroxyl groups is 1. The standard InChI is InChI=1S/C17H19FO2/c1-12(2)20-16-9-5-14(6-10-16)17(19)11-13-3-7-15(18)8-4-13/h3-10,12,17,19H,11H2,1-2H3. The van der Waals surface area contributed by atoms with Gasteiger partial charge in [-0.15, -0.1) is 0 Å². The van der Waals surface area contributed by atoms with Crippen molar-refractivity contribution in [3.63, 3.8) is 0 Å². The fraction of sp³-hybridized carbons (Fsp3) is 0.294. The average molecular weight is 274 g/mol. The summed E-state index contributed by atoms with van der Waals surface area (Å²) in [6.07, 6.45) is -0.0106. The van der Waals surface area contributed by atoms with Crippen LogP contribution in [-0.2, 0) is 6.42 Å². The molecule has 1 N–H and O–H groups in total. The molecule has 0 radical (unpaired) electrons. The number of rotatable bonds is 5. The summed E-state index contributed by atoms with van der Waals surface area (Å²) in [4.78, 5) is 0. The Hall–Kier alpha value is -1.87. The van der Waals surface area contributed by atoms with Crippen LogP contribution in [0, 0.1) is 5.82 Å². The fourth-order valence-electron chi connectivity index (χ4n) is 2.00. The average Bonchev–Trinajstić information content (AvgIpc) is 2.41. The number of benzene rings is 2. The molecule has 1 unspecified atom stereocenters. The molecule has 106 valence electrons. The lowest BCUT2D eigenvalue weighted by molar-refractivity contribution is 0.178. The molecule has 0 saturated carbocycles. The van der Waals surface area contributed by atoms with Gasteiger partial charge in [-0.25, -0.2) is 4.39 Å². The van der Waals surface area contributed by atoms with Crippen molar-refractivity contribution >= 4 is 0 Å². The van der Waals surface area contributed by atoms with Gasteiger partial charge in [0.25, 0.3) is 0 Å². The Labute approximate surface area is 118 Å². The molecule has 0 heterocycles. The highest BCUT2D eigenvalue weighted by Crippen LogP contribution is 2.22. The molecule has 2 aromatic rings. The largest absolute Gasteiger partial charge is 0.491 e. The van der Waals surface area contributed by atoms with Gasteiger partial charge in [0.2, 0.25) is 0 Å². The van der Waals surface area contributed by atoms with Crippen LogP contribution in [0.3, 0.4) is 0 Å². The van der Waals surface area contributed by atoms with Crippen LogP contribution in [-0.4, -0.2) is 11.2 Å². The molecular weight excluding hydrogens is 255 g/mol. The highest BCUT2D eigenvalue weighted by Gasteiger charge is 2.09. The van der Waals surface area contributed by atoms with E-state index in [-0.39, 0.29) is 11.9 Å². The number of hydrogen-bond acceptors (Lipinski definition) is 2. The van der Waals surface area contributed by atoms with Crippen molar-refractivity contribution in [3.05, 3.63) is 65.5 Å². The molecule has 2 aromatic carbocycles. The van der Waals surface area contributed by atoms with Gasteiger partial charge in [-0.05, 0) is 49.2 Å². The summed E-state index contributed by atoms with van der Waals surface area (Å²) in [5, 5.41) is 10.2. The van der Waals surface area contributed by atoms with Gasteiger partial charge in [-0.1, -0.05) is 24.3 Å². The van der Waals surface area contributed by atoms with E-state index in [1.165, 1.54) is 12.1 Å². The first-order valence-electron chi connectivity index (χ1n) is 6.73. The Morgan fingerprint density at radius 3 is 2.15 bits per heavy atom. The maximum atomic E-state index is 12.8. The van der Waals surface area contributed by atoms with E-state index in [0.29, 0.717) is 6.42 Å². The second-order valence-electron chi connectivity index (χ2n) is 5.08. The molecule has 0 bridgehead atoms. The molecule has 0 aliphatic heterocycles. The van der Waals surface area contributed by atoms with Crippen LogP contribution in [0.4, 0.5) is 4.39 Å².